The summed E-state index contributed by atoms with van der Waals surface area (Å²) in [6.07, 6.45) is 7.03. The molecule has 0 saturated carbocycles. The minimum atomic E-state index is -0.888. The van der Waals surface area contributed by atoms with E-state index in [1.54, 1.807) is 13.8 Å². The van der Waals surface area contributed by atoms with E-state index < -0.39 is 5.54 Å². The second-order valence-corrected chi connectivity index (χ2v) is 7.89. The van der Waals surface area contributed by atoms with Crippen LogP contribution >= 0.6 is 11.3 Å². The number of benzene rings is 1. The van der Waals surface area contributed by atoms with Crippen molar-refractivity contribution in [1.29, 1.82) is 0 Å². The summed E-state index contributed by atoms with van der Waals surface area (Å²) in [6, 6.07) is 5.88. The van der Waals surface area contributed by atoms with Crippen LogP contribution in [0.2, 0.25) is 0 Å². The molecule has 0 radical (unpaired) electrons. The smallest absolute Gasteiger partial charge is 0.266 e. The molecule has 0 amide bonds. The molecule has 1 aliphatic rings. The average Bonchev–Trinajstić information content (AvgIpc) is 3.36. The van der Waals surface area contributed by atoms with Gasteiger partial charge in [0.2, 0.25) is 0 Å². The van der Waals surface area contributed by atoms with E-state index >= 15 is 0 Å². The van der Waals surface area contributed by atoms with Crippen molar-refractivity contribution in [2.24, 2.45) is 0 Å². The van der Waals surface area contributed by atoms with E-state index in [2.05, 4.69) is 15.1 Å². The number of carbonyl (C=O) groups is 1. The van der Waals surface area contributed by atoms with E-state index in [4.69, 9.17) is 4.74 Å². The molecular formula is C19H18N4O3S. The molecule has 0 fully saturated rings. The largest absolute Gasteiger partial charge is 0.493 e. The maximum Gasteiger partial charge on any atom is 0.266 e. The van der Waals surface area contributed by atoms with E-state index in [9.17, 15) is 9.59 Å². The minimum absolute atomic E-state index is 0.174. The molecule has 1 aromatic carbocycles. The van der Waals surface area contributed by atoms with Crippen LogP contribution in [-0.2, 0) is 16.8 Å². The lowest BCUT2D eigenvalue weighted by Gasteiger charge is -2.20. The van der Waals surface area contributed by atoms with Crippen molar-refractivity contribution in [3.8, 4) is 5.75 Å². The van der Waals surface area contributed by atoms with Gasteiger partial charge in [-0.1, -0.05) is 6.07 Å². The second-order valence-electron chi connectivity index (χ2n) is 6.80. The lowest BCUT2D eigenvalue weighted by Crippen LogP contribution is -2.36. The summed E-state index contributed by atoms with van der Waals surface area (Å²) >= 11 is 1.25. The zero-order valence-corrected chi connectivity index (χ0v) is 15.7. The maximum atomic E-state index is 12.7. The van der Waals surface area contributed by atoms with Crippen LogP contribution in [0.15, 0.2) is 35.6 Å². The van der Waals surface area contributed by atoms with Crippen molar-refractivity contribution in [1.82, 2.24) is 19.7 Å². The monoisotopic (exact) mass is 382 g/mol. The summed E-state index contributed by atoms with van der Waals surface area (Å²) in [5, 5.41) is 4.04. The number of ketones is 1. The number of H-pyrrole nitrogens is 1. The molecule has 7 nitrogen and oxygen atoms in total. The van der Waals surface area contributed by atoms with Crippen LogP contribution in [0.25, 0.3) is 12.2 Å². The number of hydrogen-bond donors (Lipinski definition) is 1. The molecule has 1 aliphatic heterocycles. The molecule has 0 saturated heterocycles. The molecule has 8 heteroatoms. The van der Waals surface area contributed by atoms with Gasteiger partial charge in [-0.05, 0) is 43.2 Å². The van der Waals surface area contributed by atoms with Crippen LogP contribution in [0.4, 0.5) is 0 Å². The van der Waals surface area contributed by atoms with Crippen molar-refractivity contribution in [3.63, 3.8) is 0 Å². The van der Waals surface area contributed by atoms with Crippen LogP contribution in [0.5, 0.6) is 5.75 Å². The van der Waals surface area contributed by atoms with Crippen molar-refractivity contribution in [3.05, 3.63) is 61.5 Å². The standard InChI is InChI=1S/C19H18N4O3S/c1-19(2,23-11-20-10-21-23)16(24)9-17-22-18(25)15(27-17)8-12-3-4-14-13(7-12)5-6-26-14/h3-4,7-11H,5-6H2,1-2H3,(H,22,25)/b15-8-,17-9+. The zero-order chi connectivity index (χ0) is 19.0. The first kappa shape index (κ1) is 17.4. The molecule has 1 N–H and O–H groups in total. The number of aromatic nitrogens is 4. The predicted octanol–water partition coefficient (Wildman–Crippen LogP) is 0.577. The van der Waals surface area contributed by atoms with Gasteiger partial charge in [-0.25, -0.2) is 9.67 Å². The molecule has 27 heavy (non-hydrogen) atoms. The number of carbonyl (C=O) groups excluding carboxylic acids is 1. The fourth-order valence-corrected chi connectivity index (χ4v) is 3.76. The number of nitrogens with one attached hydrogen (secondary N) is 1. The van der Waals surface area contributed by atoms with Crippen LogP contribution < -0.4 is 19.5 Å². The lowest BCUT2D eigenvalue weighted by atomic mass is 10.00. The lowest BCUT2D eigenvalue weighted by molar-refractivity contribution is -0.120. The highest BCUT2D eigenvalue weighted by molar-refractivity contribution is 7.07. The number of ether oxygens (including phenoxy) is 1. The molecule has 0 aliphatic carbocycles. The van der Waals surface area contributed by atoms with Crippen LogP contribution in [0, 0.1) is 0 Å². The van der Waals surface area contributed by atoms with Gasteiger partial charge in [-0.15, -0.1) is 11.3 Å². The van der Waals surface area contributed by atoms with Gasteiger partial charge in [-0.3, -0.25) is 9.59 Å². The molecule has 2 aromatic heterocycles. The molecule has 0 atom stereocenters. The molecule has 3 heterocycles. The first-order valence-corrected chi connectivity index (χ1v) is 9.33. The van der Waals surface area contributed by atoms with Gasteiger partial charge < -0.3 is 9.72 Å². The van der Waals surface area contributed by atoms with Gasteiger partial charge in [0.25, 0.3) is 5.56 Å². The Kier molecular flexibility index (Phi) is 4.27. The Bertz CT molecular complexity index is 1170. The molecule has 0 bridgehead atoms. The third-order valence-corrected chi connectivity index (χ3v) is 5.51. The Morgan fingerprint density at radius 2 is 2.26 bits per heavy atom. The average molecular weight is 382 g/mol. The number of aromatic amines is 1. The summed E-state index contributed by atoms with van der Waals surface area (Å²) in [4.78, 5) is 31.6. The molecule has 0 spiro atoms. The summed E-state index contributed by atoms with van der Waals surface area (Å²) in [7, 11) is 0. The first-order chi connectivity index (χ1) is 12.9. The summed E-state index contributed by atoms with van der Waals surface area (Å²) in [5.41, 5.74) is 0.983. The Morgan fingerprint density at radius 1 is 1.41 bits per heavy atom. The Balaban J connectivity index is 1.68. The van der Waals surface area contributed by atoms with Crippen LogP contribution in [0.3, 0.4) is 0 Å². The number of Topliss-reactive ketones (excluding diaryl/α,β-unsaturated/α-hetero) is 1. The topological polar surface area (TPSA) is 89.9 Å². The summed E-state index contributed by atoms with van der Waals surface area (Å²) < 4.78 is 8.06. The first-order valence-electron chi connectivity index (χ1n) is 8.51. The van der Waals surface area contributed by atoms with Gasteiger partial charge in [0, 0.05) is 12.5 Å². The normalized spacial score (nSPS) is 15.0. The molecule has 138 valence electrons. The van der Waals surface area contributed by atoms with E-state index in [0.717, 1.165) is 23.3 Å². The number of thiazole rings is 1. The van der Waals surface area contributed by atoms with Crippen molar-refractivity contribution < 1.29 is 9.53 Å². The Hall–Kier alpha value is -3.00. The van der Waals surface area contributed by atoms with Gasteiger partial charge in [0.1, 0.15) is 23.9 Å². The fraction of sp³-hybridized carbons (Fsp3) is 0.263. The van der Waals surface area contributed by atoms with Crippen molar-refractivity contribution in [2.45, 2.75) is 25.8 Å². The van der Waals surface area contributed by atoms with Gasteiger partial charge in [-0.2, -0.15) is 5.10 Å². The van der Waals surface area contributed by atoms with Crippen LogP contribution in [0.1, 0.15) is 25.0 Å². The number of hydrogen-bond acceptors (Lipinski definition) is 6. The van der Waals surface area contributed by atoms with Gasteiger partial charge in [0.15, 0.2) is 5.78 Å². The number of nitrogens with zero attached hydrogens (tertiary/aromatic N) is 3. The van der Waals surface area contributed by atoms with E-state index in [1.165, 1.54) is 34.7 Å². The Morgan fingerprint density at radius 3 is 3.04 bits per heavy atom. The zero-order valence-electron chi connectivity index (χ0n) is 14.9. The van der Waals surface area contributed by atoms with Gasteiger partial charge >= 0.3 is 0 Å². The molecule has 4 rings (SSSR count). The number of rotatable bonds is 4. The fourth-order valence-electron chi connectivity index (χ4n) is 2.88. The van der Waals surface area contributed by atoms with E-state index in [0.29, 0.717) is 15.8 Å². The minimum Gasteiger partial charge on any atom is -0.493 e. The second kappa shape index (κ2) is 6.62. The molecule has 3 aromatic rings. The summed E-state index contributed by atoms with van der Waals surface area (Å²) in [6.45, 7) is 4.21. The molecule has 0 unspecified atom stereocenters. The van der Waals surface area contributed by atoms with Crippen molar-refractivity contribution in [2.75, 3.05) is 6.61 Å². The third kappa shape index (κ3) is 3.35. The van der Waals surface area contributed by atoms with E-state index in [1.807, 2.05) is 24.3 Å². The summed E-state index contributed by atoms with van der Waals surface area (Å²) in [5.74, 6) is 0.730. The third-order valence-electron chi connectivity index (χ3n) is 4.55. The SMILES string of the molecule is CC(C)(C(=O)/C=c1\[nH]c(=O)/c(=C/c2ccc3c(c2)CCO3)s1)n1cncn1. The highest BCUT2D eigenvalue weighted by atomic mass is 32.1. The predicted molar refractivity (Wildman–Crippen MR) is 102 cm³/mol. The van der Waals surface area contributed by atoms with Gasteiger partial charge in [0.05, 0.1) is 15.8 Å². The highest BCUT2D eigenvalue weighted by Crippen LogP contribution is 2.25. The molecular weight excluding hydrogens is 364 g/mol. The van der Waals surface area contributed by atoms with Crippen molar-refractivity contribution >= 4 is 29.3 Å². The Labute approximate surface area is 158 Å². The number of fused-ring (bicyclic) bond motifs is 1. The maximum absolute atomic E-state index is 12.7. The van der Waals surface area contributed by atoms with Crippen LogP contribution in [-0.4, -0.2) is 32.1 Å². The van der Waals surface area contributed by atoms with E-state index in [-0.39, 0.29) is 11.3 Å². The highest BCUT2D eigenvalue weighted by Gasteiger charge is 2.28. The quantitative estimate of drug-likeness (QED) is 0.713.